The maximum atomic E-state index is 12.5. The molecule has 0 saturated heterocycles. The highest BCUT2D eigenvalue weighted by Gasteiger charge is 2.31. The van der Waals surface area contributed by atoms with Crippen LogP contribution in [0.25, 0.3) is 0 Å². The van der Waals surface area contributed by atoms with Crippen LogP contribution in [0.5, 0.6) is 0 Å². The maximum Gasteiger partial charge on any atom is 0.307 e. The van der Waals surface area contributed by atoms with Crippen LogP contribution in [0.4, 0.5) is 0 Å². The average Bonchev–Trinajstić information content (AvgIpc) is 2.62. The number of carboxylic acids is 1. The fourth-order valence-electron chi connectivity index (χ4n) is 3.60. The average molecular weight is 378 g/mol. The van der Waals surface area contributed by atoms with Crippen molar-refractivity contribution in [3.05, 3.63) is 35.9 Å². The molecule has 0 fully saturated rings. The topological polar surface area (TPSA) is 66.4 Å². The van der Waals surface area contributed by atoms with E-state index in [0.717, 1.165) is 36.0 Å². The van der Waals surface area contributed by atoms with Gasteiger partial charge in [0.25, 0.3) is 0 Å². The van der Waals surface area contributed by atoms with Gasteiger partial charge in [-0.05, 0) is 24.3 Å². The number of amides is 1. The molecule has 1 rings (SSSR count). The molecule has 0 aliphatic carbocycles. The summed E-state index contributed by atoms with van der Waals surface area (Å²) in [6.45, 7) is 8.62. The summed E-state index contributed by atoms with van der Waals surface area (Å²) in [6.07, 6.45) is 2.48. The minimum atomic E-state index is -0.902. The van der Waals surface area contributed by atoms with E-state index in [0.29, 0.717) is 13.0 Å². The highest BCUT2D eigenvalue weighted by atomic mass is 16.4. The molecule has 2 N–H and O–H groups in total. The van der Waals surface area contributed by atoms with Crippen molar-refractivity contribution in [3.8, 4) is 0 Å². The molecule has 3 atom stereocenters. The first-order valence-electron chi connectivity index (χ1n) is 10.1. The SMILES string of the molecule is CCC[N+](C)(C)CCCNC(=O)C(C)C(CC(C)c1ccccc1)C(=O)O. The Morgan fingerprint density at radius 2 is 1.74 bits per heavy atom. The Morgan fingerprint density at radius 3 is 2.30 bits per heavy atom. The van der Waals surface area contributed by atoms with Gasteiger partial charge in [-0.2, -0.15) is 0 Å². The quantitative estimate of drug-likeness (QED) is 0.433. The van der Waals surface area contributed by atoms with Crippen molar-refractivity contribution in [2.24, 2.45) is 11.8 Å². The molecule has 0 aliphatic heterocycles. The molecule has 27 heavy (non-hydrogen) atoms. The minimum Gasteiger partial charge on any atom is -0.481 e. The van der Waals surface area contributed by atoms with Crippen molar-refractivity contribution in [2.45, 2.75) is 46.0 Å². The number of carbonyl (C=O) groups is 2. The highest BCUT2D eigenvalue weighted by Crippen LogP contribution is 2.28. The van der Waals surface area contributed by atoms with E-state index in [1.54, 1.807) is 6.92 Å². The second-order valence-corrected chi connectivity index (χ2v) is 8.31. The van der Waals surface area contributed by atoms with Gasteiger partial charge in [0.15, 0.2) is 0 Å². The second kappa shape index (κ2) is 11.1. The van der Waals surface area contributed by atoms with E-state index in [4.69, 9.17) is 0 Å². The summed E-state index contributed by atoms with van der Waals surface area (Å²) in [5.74, 6) is -2.21. The number of carboxylic acid groups (broad SMARTS) is 1. The fraction of sp³-hybridized carbons (Fsp3) is 0.636. The number of rotatable bonds is 12. The van der Waals surface area contributed by atoms with Crippen molar-refractivity contribution in [2.75, 3.05) is 33.7 Å². The Labute approximate surface area is 164 Å². The predicted octanol–water partition coefficient (Wildman–Crippen LogP) is 3.51. The summed E-state index contributed by atoms with van der Waals surface area (Å²) >= 11 is 0. The number of hydrogen-bond donors (Lipinski definition) is 2. The Morgan fingerprint density at radius 1 is 1.11 bits per heavy atom. The van der Waals surface area contributed by atoms with Gasteiger partial charge in [0.05, 0.1) is 33.1 Å². The summed E-state index contributed by atoms with van der Waals surface area (Å²) in [5, 5.41) is 12.6. The summed E-state index contributed by atoms with van der Waals surface area (Å²) in [7, 11) is 4.39. The van der Waals surface area contributed by atoms with Gasteiger partial charge in [0, 0.05) is 18.9 Å². The van der Waals surface area contributed by atoms with Gasteiger partial charge in [-0.1, -0.05) is 51.1 Å². The Balaban J connectivity index is 2.55. The van der Waals surface area contributed by atoms with Gasteiger partial charge >= 0.3 is 5.97 Å². The van der Waals surface area contributed by atoms with Crippen LogP contribution in [-0.2, 0) is 9.59 Å². The second-order valence-electron chi connectivity index (χ2n) is 8.31. The molecule has 0 spiro atoms. The van der Waals surface area contributed by atoms with Crippen molar-refractivity contribution in [1.82, 2.24) is 5.32 Å². The summed E-state index contributed by atoms with van der Waals surface area (Å²) in [4.78, 5) is 24.2. The van der Waals surface area contributed by atoms with Crippen LogP contribution in [0.15, 0.2) is 30.3 Å². The van der Waals surface area contributed by atoms with E-state index in [1.807, 2.05) is 37.3 Å². The number of benzene rings is 1. The number of hydrogen-bond acceptors (Lipinski definition) is 2. The third-order valence-corrected chi connectivity index (χ3v) is 5.38. The van der Waals surface area contributed by atoms with Gasteiger partial charge in [-0.25, -0.2) is 0 Å². The standard InChI is InChI=1S/C22H36N2O3/c1-6-14-24(4,5)15-10-13-23-21(25)18(3)20(22(26)27)16-17(2)19-11-8-7-9-12-19/h7-9,11-12,17-18,20H,6,10,13-16H2,1-5H3,(H-,23,25,26,27)/p+1. The summed E-state index contributed by atoms with van der Waals surface area (Å²) in [6, 6.07) is 9.86. The van der Waals surface area contributed by atoms with Crippen LogP contribution in [0.1, 0.15) is 51.5 Å². The number of carbonyl (C=O) groups excluding carboxylic acids is 1. The van der Waals surface area contributed by atoms with Crippen molar-refractivity contribution in [3.63, 3.8) is 0 Å². The van der Waals surface area contributed by atoms with Crippen LogP contribution in [0.2, 0.25) is 0 Å². The molecular formula is C22H37N2O3+. The van der Waals surface area contributed by atoms with Gasteiger partial charge in [0.2, 0.25) is 5.91 Å². The molecule has 1 amide bonds. The highest BCUT2D eigenvalue weighted by molar-refractivity contribution is 5.84. The summed E-state index contributed by atoms with van der Waals surface area (Å²) in [5.41, 5.74) is 1.10. The van der Waals surface area contributed by atoms with Crippen LogP contribution < -0.4 is 5.32 Å². The van der Waals surface area contributed by atoms with Crippen LogP contribution in [0, 0.1) is 11.8 Å². The fourth-order valence-corrected chi connectivity index (χ4v) is 3.60. The smallest absolute Gasteiger partial charge is 0.307 e. The lowest BCUT2D eigenvalue weighted by molar-refractivity contribution is -0.890. The zero-order chi connectivity index (χ0) is 20.4. The normalized spacial score (nSPS) is 15.0. The first-order chi connectivity index (χ1) is 12.7. The number of aliphatic carboxylic acids is 1. The number of nitrogens with zero attached hydrogens (tertiary/aromatic N) is 1. The lowest BCUT2D eigenvalue weighted by Crippen LogP contribution is -2.43. The maximum absolute atomic E-state index is 12.5. The van der Waals surface area contributed by atoms with Crippen LogP contribution in [0.3, 0.4) is 0 Å². The predicted molar refractivity (Wildman–Crippen MR) is 110 cm³/mol. The van der Waals surface area contributed by atoms with Crippen LogP contribution >= 0.6 is 0 Å². The van der Waals surface area contributed by atoms with Crippen LogP contribution in [-0.4, -0.2) is 55.2 Å². The Kier molecular flexibility index (Phi) is 9.50. The molecular weight excluding hydrogens is 340 g/mol. The van der Waals surface area contributed by atoms with Gasteiger partial charge in [-0.3, -0.25) is 9.59 Å². The van der Waals surface area contributed by atoms with Crippen molar-refractivity contribution < 1.29 is 19.2 Å². The molecule has 1 aromatic rings. The lowest BCUT2D eigenvalue weighted by atomic mass is 9.83. The molecule has 5 heteroatoms. The zero-order valence-electron chi connectivity index (χ0n) is 17.6. The van der Waals surface area contributed by atoms with Crippen molar-refractivity contribution in [1.29, 1.82) is 0 Å². The van der Waals surface area contributed by atoms with Gasteiger partial charge in [0.1, 0.15) is 0 Å². The molecule has 0 saturated carbocycles. The van der Waals surface area contributed by atoms with E-state index < -0.39 is 17.8 Å². The van der Waals surface area contributed by atoms with E-state index in [9.17, 15) is 14.7 Å². The molecule has 5 nitrogen and oxygen atoms in total. The third kappa shape index (κ3) is 8.12. The first kappa shape index (κ1) is 23.2. The number of nitrogens with one attached hydrogen (secondary N) is 1. The first-order valence-corrected chi connectivity index (χ1v) is 10.1. The number of quaternary nitrogens is 1. The monoisotopic (exact) mass is 377 g/mol. The zero-order valence-corrected chi connectivity index (χ0v) is 17.6. The largest absolute Gasteiger partial charge is 0.481 e. The van der Waals surface area contributed by atoms with E-state index in [-0.39, 0.29) is 11.8 Å². The molecule has 0 aliphatic rings. The Hall–Kier alpha value is -1.88. The molecule has 1 aromatic carbocycles. The molecule has 0 radical (unpaired) electrons. The Bertz CT molecular complexity index is 586. The molecule has 0 aromatic heterocycles. The van der Waals surface area contributed by atoms with Crippen molar-refractivity contribution >= 4 is 11.9 Å². The molecule has 0 heterocycles. The van der Waals surface area contributed by atoms with E-state index >= 15 is 0 Å². The van der Waals surface area contributed by atoms with E-state index in [2.05, 4.69) is 26.3 Å². The summed E-state index contributed by atoms with van der Waals surface area (Å²) < 4.78 is 0.939. The molecule has 152 valence electrons. The third-order valence-electron chi connectivity index (χ3n) is 5.38. The van der Waals surface area contributed by atoms with Gasteiger partial charge < -0.3 is 14.9 Å². The van der Waals surface area contributed by atoms with Gasteiger partial charge in [-0.15, -0.1) is 0 Å². The lowest BCUT2D eigenvalue weighted by Gasteiger charge is -2.29. The molecule has 0 bridgehead atoms. The minimum absolute atomic E-state index is 0.0923. The van der Waals surface area contributed by atoms with E-state index in [1.165, 1.54) is 0 Å². The molecule has 3 unspecified atom stereocenters.